The normalized spacial score (nSPS) is 12.3. The standard InChI is InChI=1S/C14H16ClNO3/c15-12-1-3-14(4-2-12)19-10-13(17)8-16-7-11-5-6-18-9-11/h1-6,9,13,16-17H,7-8,10H2. The van der Waals surface area contributed by atoms with Crippen molar-refractivity contribution >= 4 is 11.6 Å². The third-order valence-electron chi connectivity index (χ3n) is 2.55. The number of halogens is 1. The fourth-order valence-corrected chi connectivity index (χ4v) is 1.68. The Bertz CT molecular complexity index is 470. The lowest BCUT2D eigenvalue weighted by Gasteiger charge is -2.13. The minimum atomic E-state index is -0.567. The van der Waals surface area contributed by atoms with Gasteiger partial charge in [-0.05, 0) is 30.3 Å². The van der Waals surface area contributed by atoms with Gasteiger partial charge in [0.25, 0.3) is 0 Å². The van der Waals surface area contributed by atoms with Crippen LogP contribution in [0.15, 0.2) is 47.3 Å². The highest BCUT2D eigenvalue weighted by Gasteiger charge is 2.05. The van der Waals surface area contributed by atoms with Crippen molar-refractivity contribution in [3.05, 3.63) is 53.4 Å². The Morgan fingerprint density at radius 2 is 2.05 bits per heavy atom. The molecule has 0 amide bonds. The molecule has 0 radical (unpaired) electrons. The predicted octanol–water partition coefficient (Wildman–Crippen LogP) is 2.46. The second-order valence-corrected chi connectivity index (χ2v) is 4.62. The number of hydrogen-bond acceptors (Lipinski definition) is 4. The molecule has 0 aliphatic heterocycles. The van der Waals surface area contributed by atoms with E-state index in [9.17, 15) is 5.11 Å². The smallest absolute Gasteiger partial charge is 0.119 e. The highest BCUT2D eigenvalue weighted by Crippen LogP contribution is 2.15. The van der Waals surface area contributed by atoms with Gasteiger partial charge in [-0.1, -0.05) is 11.6 Å². The van der Waals surface area contributed by atoms with Gasteiger partial charge in [0.05, 0.1) is 12.5 Å². The predicted molar refractivity (Wildman–Crippen MR) is 73.4 cm³/mol. The highest BCUT2D eigenvalue weighted by atomic mass is 35.5. The zero-order valence-corrected chi connectivity index (χ0v) is 11.1. The summed E-state index contributed by atoms with van der Waals surface area (Å²) >= 11 is 5.77. The van der Waals surface area contributed by atoms with Crippen LogP contribution in [0, 0.1) is 0 Å². The van der Waals surface area contributed by atoms with Crippen LogP contribution in [0.3, 0.4) is 0 Å². The van der Waals surface area contributed by atoms with E-state index in [1.54, 1.807) is 36.8 Å². The minimum absolute atomic E-state index is 0.236. The molecular formula is C14H16ClNO3. The van der Waals surface area contributed by atoms with Crippen molar-refractivity contribution in [1.82, 2.24) is 5.32 Å². The Hall–Kier alpha value is -1.49. The van der Waals surface area contributed by atoms with E-state index >= 15 is 0 Å². The average Bonchev–Trinajstić information content (AvgIpc) is 2.91. The number of rotatable bonds is 7. The van der Waals surface area contributed by atoms with E-state index in [2.05, 4.69) is 5.32 Å². The Kier molecular flexibility index (Phi) is 5.27. The lowest BCUT2D eigenvalue weighted by Crippen LogP contribution is -2.31. The number of nitrogens with one attached hydrogen (secondary N) is 1. The van der Waals surface area contributed by atoms with Crippen molar-refractivity contribution in [2.24, 2.45) is 0 Å². The zero-order valence-electron chi connectivity index (χ0n) is 10.4. The molecule has 0 saturated carbocycles. The van der Waals surface area contributed by atoms with Crippen LogP contribution in [-0.2, 0) is 6.54 Å². The molecule has 2 aromatic rings. The molecule has 0 aliphatic rings. The van der Waals surface area contributed by atoms with Crippen LogP contribution in [-0.4, -0.2) is 24.4 Å². The fourth-order valence-electron chi connectivity index (χ4n) is 1.56. The maximum absolute atomic E-state index is 9.76. The van der Waals surface area contributed by atoms with Crippen LogP contribution in [0.5, 0.6) is 5.75 Å². The van der Waals surface area contributed by atoms with Gasteiger partial charge in [0.2, 0.25) is 0 Å². The molecule has 0 fully saturated rings. The molecule has 1 heterocycles. The summed E-state index contributed by atoms with van der Waals surface area (Å²) in [7, 11) is 0. The quantitative estimate of drug-likeness (QED) is 0.819. The third kappa shape index (κ3) is 4.95. The van der Waals surface area contributed by atoms with Crippen molar-refractivity contribution < 1.29 is 14.3 Å². The summed E-state index contributed by atoms with van der Waals surface area (Å²) in [6, 6.07) is 8.92. The van der Waals surface area contributed by atoms with Gasteiger partial charge in [0.1, 0.15) is 18.5 Å². The summed E-state index contributed by atoms with van der Waals surface area (Å²) in [6.45, 7) is 1.35. The molecule has 0 saturated heterocycles. The Morgan fingerprint density at radius 1 is 1.26 bits per heavy atom. The number of benzene rings is 1. The lowest BCUT2D eigenvalue weighted by molar-refractivity contribution is 0.106. The molecule has 5 heteroatoms. The first-order valence-electron chi connectivity index (χ1n) is 6.02. The van der Waals surface area contributed by atoms with Crippen molar-refractivity contribution in [1.29, 1.82) is 0 Å². The van der Waals surface area contributed by atoms with Crippen LogP contribution in [0.4, 0.5) is 0 Å². The molecule has 102 valence electrons. The van der Waals surface area contributed by atoms with Crippen LogP contribution < -0.4 is 10.1 Å². The van der Waals surface area contributed by atoms with Gasteiger partial charge in [-0.25, -0.2) is 0 Å². The fraction of sp³-hybridized carbons (Fsp3) is 0.286. The number of aliphatic hydroxyl groups is 1. The maximum Gasteiger partial charge on any atom is 0.119 e. The van der Waals surface area contributed by atoms with Crippen LogP contribution in [0.2, 0.25) is 5.02 Å². The van der Waals surface area contributed by atoms with Crippen LogP contribution in [0.25, 0.3) is 0 Å². The second-order valence-electron chi connectivity index (χ2n) is 4.18. The monoisotopic (exact) mass is 281 g/mol. The van der Waals surface area contributed by atoms with Crippen molar-refractivity contribution in [2.45, 2.75) is 12.6 Å². The molecule has 0 aliphatic carbocycles. The number of aliphatic hydroxyl groups excluding tert-OH is 1. The number of furan rings is 1. The Balaban J connectivity index is 1.64. The van der Waals surface area contributed by atoms with E-state index in [4.69, 9.17) is 20.8 Å². The second kappa shape index (κ2) is 7.19. The number of hydrogen-bond donors (Lipinski definition) is 2. The molecular weight excluding hydrogens is 266 g/mol. The van der Waals surface area contributed by atoms with Gasteiger partial charge in [-0.3, -0.25) is 0 Å². The summed E-state index contributed by atoms with van der Waals surface area (Å²) in [5.41, 5.74) is 1.05. The molecule has 2 rings (SSSR count). The van der Waals surface area contributed by atoms with E-state index in [1.165, 1.54) is 0 Å². The van der Waals surface area contributed by atoms with Gasteiger partial charge in [-0.15, -0.1) is 0 Å². The zero-order chi connectivity index (χ0) is 13.5. The first kappa shape index (κ1) is 13.9. The van der Waals surface area contributed by atoms with E-state index < -0.39 is 6.10 Å². The molecule has 2 N–H and O–H groups in total. The van der Waals surface area contributed by atoms with Crippen LogP contribution >= 0.6 is 11.6 Å². The first-order valence-corrected chi connectivity index (χ1v) is 6.40. The van der Waals surface area contributed by atoms with E-state index in [1.807, 2.05) is 6.07 Å². The third-order valence-corrected chi connectivity index (χ3v) is 2.80. The van der Waals surface area contributed by atoms with Gasteiger partial charge in [0.15, 0.2) is 0 Å². The molecule has 1 unspecified atom stereocenters. The molecule has 4 nitrogen and oxygen atoms in total. The summed E-state index contributed by atoms with van der Waals surface area (Å²) < 4.78 is 10.4. The largest absolute Gasteiger partial charge is 0.491 e. The van der Waals surface area contributed by atoms with Gasteiger partial charge in [-0.2, -0.15) is 0 Å². The average molecular weight is 282 g/mol. The molecule has 1 aromatic carbocycles. The summed E-state index contributed by atoms with van der Waals surface area (Å²) in [6.07, 6.45) is 2.73. The highest BCUT2D eigenvalue weighted by molar-refractivity contribution is 6.30. The van der Waals surface area contributed by atoms with E-state index in [0.29, 0.717) is 23.9 Å². The summed E-state index contributed by atoms with van der Waals surface area (Å²) in [5.74, 6) is 0.693. The first-order chi connectivity index (χ1) is 9.24. The molecule has 1 atom stereocenters. The maximum atomic E-state index is 9.76. The minimum Gasteiger partial charge on any atom is -0.491 e. The number of ether oxygens (including phenoxy) is 1. The van der Waals surface area contributed by atoms with Gasteiger partial charge in [0, 0.05) is 23.7 Å². The van der Waals surface area contributed by atoms with Crippen molar-refractivity contribution in [3.63, 3.8) is 0 Å². The lowest BCUT2D eigenvalue weighted by atomic mass is 10.3. The molecule has 0 bridgehead atoms. The van der Waals surface area contributed by atoms with Gasteiger partial charge < -0.3 is 19.6 Å². The Morgan fingerprint density at radius 3 is 2.74 bits per heavy atom. The van der Waals surface area contributed by atoms with Crippen LogP contribution in [0.1, 0.15) is 5.56 Å². The Labute approximate surface area is 117 Å². The summed E-state index contributed by atoms with van der Waals surface area (Å²) in [5, 5.41) is 13.5. The molecule has 1 aromatic heterocycles. The van der Waals surface area contributed by atoms with Crippen molar-refractivity contribution in [3.8, 4) is 5.75 Å². The molecule has 19 heavy (non-hydrogen) atoms. The van der Waals surface area contributed by atoms with E-state index in [-0.39, 0.29) is 6.61 Å². The van der Waals surface area contributed by atoms with Crippen molar-refractivity contribution in [2.75, 3.05) is 13.2 Å². The SMILES string of the molecule is OC(CNCc1ccoc1)COc1ccc(Cl)cc1. The summed E-state index contributed by atoms with van der Waals surface area (Å²) in [4.78, 5) is 0. The molecule has 0 spiro atoms. The van der Waals surface area contributed by atoms with Gasteiger partial charge >= 0.3 is 0 Å². The topological polar surface area (TPSA) is 54.6 Å². The van der Waals surface area contributed by atoms with E-state index in [0.717, 1.165) is 5.56 Å².